The number of aromatic nitrogens is 1. The lowest BCUT2D eigenvalue weighted by Gasteiger charge is -2.03. The first-order valence-corrected chi connectivity index (χ1v) is 4.44. The Balaban J connectivity index is 2.55. The molecule has 1 aromatic heterocycles. The lowest BCUT2D eigenvalue weighted by Crippen LogP contribution is -2.05. The molecule has 0 saturated heterocycles. The van der Waals surface area contributed by atoms with Crippen molar-refractivity contribution in [2.24, 2.45) is 0 Å². The van der Waals surface area contributed by atoms with E-state index in [2.05, 4.69) is 10.3 Å². The largest absolute Gasteiger partial charge is 0.506 e. The molecule has 0 atom stereocenters. The van der Waals surface area contributed by atoms with Gasteiger partial charge in [-0.2, -0.15) is 0 Å². The summed E-state index contributed by atoms with van der Waals surface area (Å²) in [6, 6.07) is 3.00. The molecule has 1 aromatic carbocycles. The van der Waals surface area contributed by atoms with Gasteiger partial charge in [-0.05, 0) is 6.07 Å². The van der Waals surface area contributed by atoms with Gasteiger partial charge < -0.3 is 14.8 Å². The minimum Gasteiger partial charge on any atom is -0.506 e. The topological polar surface area (TPSA) is 75.4 Å². The molecule has 2 aromatic rings. The van der Waals surface area contributed by atoms with Gasteiger partial charge in [0.05, 0.1) is 5.69 Å². The van der Waals surface area contributed by atoms with E-state index in [1.165, 1.54) is 13.0 Å². The smallest absolute Gasteiger partial charge is 0.221 e. The number of oxazole rings is 1. The summed E-state index contributed by atoms with van der Waals surface area (Å²) >= 11 is 0. The molecule has 2 N–H and O–H groups in total. The molecule has 0 spiro atoms. The maximum Gasteiger partial charge on any atom is 0.221 e. The molecule has 1 heterocycles. The quantitative estimate of drug-likeness (QED) is 0.697. The Morgan fingerprint density at radius 2 is 2.27 bits per heavy atom. The molecule has 78 valence electrons. The molecule has 0 saturated carbocycles. The molecule has 15 heavy (non-hydrogen) atoms. The van der Waals surface area contributed by atoms with Gasteiger partial charge in [0.1, 0.15) is 11.3 Å². The number of hydrogen-bond acceptors (Lipinski definition) is 4. The highest BCUT2D eigenvalue weighted by Gasteiger charge is 2.09. The number of amides is 1. The van der Waals surface area contributed by atoms with Crippen LogP contribution in [0.25, 0.3) is 11.1 Å². The molecule has 0 unspecified atom stereocenters. The summed E-state index contributed by atoms with van der Waals surface area (Å²) < 4.78 is 5.22. The number of nitrogens with one attached hydrogen (secondary N) is 1. The SMILES string of the molecule is CC(=O)Nc1cc2nc(C)oc2cc1O. The molecular weight excluding hydrogens is 196 g/mol. The summed E-state index contributed by atoms with van der Waals surface area (Å²) in [5, 5.41) is 12.1. The average Bonchev–Trinajstić information content (AvgIpc) is 2.44. The third-order valence-corrected chi connectivity index (χ3v) is 1.92. The summed E-state index contributed by atoms with van der Waals surface area (Å²) in [5.74, 6) is 0.239. The van der Waals surface area contributed by atoms with Crippen LogP contribution in [0.4, 0.5) is 5.69 Å². The number of nitrogens with zero attached hydrogens (tertiary/aromatic N) is 1. The van der Waals surface area contributed by atoms with Gasteiger partial charge in [0, 0.05) is 19.9 Å². The molecule has 5 heteroatoms. The second-order valence-electron chi connectivity index (χ2n) is 3.25. The van der Waals surface area contributed by atoms with Gasteiger partial charge in [-0.25, -0.2) is 4.98 Å². The number of carbonyl (C=O) groups is 1. The van der Waals surface area contributed by atoms with Crippen LogP contribution in [-0.4, -0.2) is 16.0 Å². The van der Waals surface area contributed by atoms with E-state index >= 15 is 0 Å². The number of rotatable bonds is 1. The van der Waals surface area contributed by atoms with E-state index in [0.29, 0.717) is 22.7 Å². The van der Waals surface area contributed by atoms with Crippen LogP contribution in [0.5, 0.6) is 5.75 Å². The van der Waals surface area contributed by atoms with Gasteiger partial charge in [-0.15, -0.1) is 0 Å². The van der Waals surface area contributed by atoms with E-state index in [0.717, 1.165) is 0 Å². The predicted molar refractivity (Wildman–Crippen MR) is 54.7 cm³/mol. The summed E-state index contributed by atoms with van der Waals surface area (Å²) in [5.41, 5.74) is 1.44. The van der Waals surface area contributed by atoms with Gasteiger partial charge in [0.2, 0.25) is 5.91 Å². The van der Waals surface area contributed by atoms with Crippen molar-refractivity contribution in [3.63, 3.8) is 0 Å². The van der Waals surface area contributed by atoms with Crippen molar-refractivity contribution in [1.29, 1.82) is 0 Å². The molecule has 0 radical (unpaired) electrons. The van der Waals surface area contributed by atoms with Crippen molar-refractivity contribution in [1.82, 2.24) is 4.98 Å². The second-order valence-corrected chi connectivity index (χ2v) is 3.25. The van der Waals surface area contributed by atoms with E-state index in [9.17, 15) is 9.90 Å². The van der Waals surface area contributed by atoms with E-state index in [-0.39, 0.29) is 11.7 Å². The maximum absolute atomic E-state index is 10.8. The fraction of sp³-hybridized carbons (Fsp3) is 0.200. The third kappa shape index (κ3) is 1.76. The Morgan fingerprint density at radius 1 is 1.53 bits per heavy atom. The van der Waals surface area contributed by atoms with E-state index in [4.69, 9.17) is 4.42 Å². The van der Waals surface area contributed by atoms with E-state index in [1.54, 1.807) is 13.0 Å². The van der Waals surface area contributed by atoms with Crippen LogP contribution in [0, 0.1) is 6.92 Å². The number of phenols is 1. The minimum absolute atomic E-state index is 0.0335. The Morgan fingerprint density at radius 3 is 2.93 bits per heavy atom. The van der Waals surface area contributed by atoms with Crippen molar-refractivity contribution >= 4 is 22.7 Å². The lowest BCUT2D eigenvalue weighted by atomic mass is 10.2. The Kier molecular flexibility index (Phi) is 2.07. The number of fused-ring (bicyclic) bond motifs is 1. The molecule has 1 amide bonds. The zero-order chi connectivity index (χ0) is 11.0. The zero-order valence-corrected chi connectivity index (χ0v) is 8.37. The number of aromatic hydroxyl groups is 1. The van der Waals surface area contributed by atoms with Gasteiger partial charge in [-0.1, -0.05) is 0 Å². The highest BCUT2D eigenvalue weighted by molar-refractivity contribution is 5.93. The molecular formula is C10H10N2O3. The highest BCUT2D eigenvalue weighted by Crippen LogP contribution is 2.29. The Labute approximate surface area is 85.7 Å². The fourth-order valence-corrected chi connectivity index (χ4v) is 1.37. The van der Waals surface area contributed by atoms with E-state index in [1.807, 2.05) is 0 Å². The Hall–Kier alpha value is -2.04. The first-order valence-electron chi connectivity index (χ1n) is 4.44. The number of carbonyl (C=O) groups excluding carboxylic acids is 1. The van der Waals surface area contributed by atoms with Crippen LogP contribution in [0.15, 0.2) is 16.5 Å². The maximum atomic E-state index is 10.8. The van der Waals surface area contributed by atoms with Gasteiger partial charge in [0.25, 0.3) is 0 Å². The summed E-state index contributed by atoms with van der Waals surface area (Å²) in [4.78, 5) is 14.9. The van der Waals surface area contributed by atoms with Gasteiger partial charge >= 0.3 is 0 Å². The van der Waals surface area contributed by atoms with Crippen LogP contribution >= 0.6 is 0 Å². The first kappa shape index (κ1) is 9.51. The standard InChI is InChI=1S/C10H10N2O3/c1-5(13)11-7-3-8-10(4-9(7)14)15-6(2)12-8/h3-4,14H,1-2H3,(H,11,13). The number of anilines is 1. The summed E-state index contributed by atoms with van der Waals surface area (Å²) in [6.45, 7) is 3.09. The number of aryl methyl sites for hydroxylation is 1. The predicted octanol–water partition coefficient (Wildman–Crippen LogP) is 1.80. The average molecular weight is 206 g/mol. The van der Waals surface area contributed by atoms with Crippen LogP contribution < -0.4 is 5.32 Å². The first-order chi connectivity index (χ1) is 7.06. The minimum atomic E-state index is -0.245. The summed E-state index contributed by atoms with van der Waals surface area (Å²) in [7, 11) is 0. The monoisotopic (exact) mass is 206 g/mol. The highest BCUT2D eigenvalue weighted by atomic mass is 16.3. The molecule has 0 aliphatic rings. The molecule has 0 bridgehead atoms. The Bertz CT molecular complexity index is 531. The molecule has 0 fully saturated rings. The van der Waals surface area contributed by atoms with Crippen molar-refractivity contribution < 1.29 is 14.3 Å². The van der Waals surface area contributed by atoms with E-state index < -0.39 is 0 Å². The molecule has 5 nitrogen and oxygen atoms in total. The fourth-order valence-electron chi connectivity index (χ4n) is 1.37. The normalized spacial score (nSPS) is 10.5. The van der Waals surface area contributed by atoms with Crippen molar-refractivity contribution in [3.8, 4) is 5.75 Å². The number of phenolic OH excluding ortho intramolecular Hbond substituents is 1. The van der Waals surface area contributed by atoms with Gasteiger partial charge in [0.15, 0.2) is 11.5 Å². The molecule has 2 rings (SSSR count). The zero-order valence-electron chi connectivity index (χ0n) is 8.37. The van der Waals surface area contributed by atoms with Crippen LogP contribution in [0.3, 0.4) is 0 Å². The van der Waals surface area contributed by atoms with Gasteiger partial charge in [-0.3, -0.25) is 4.79 Å². The number of benzene rings is 1. The van der Waals surface area contributed by atoms with Crippen LogP contribution in [0.2, 0.25) is 0 Å². The van der Waals surface area contributed by atoms with Crippen LogP contribution in [-0.2, 0) is 4.79 Å². The lowest BCUT2D eigenvalue weighted by molar-refractivity contribution is -0.114. The van der Waals surface area contributed by atoms with Crippen molar-refractivity contribution in [2.45, 2.75) is 13.8 Å². The van der Waals surface area contributed by atoms with Crippen molar-refractivity contribution in [3.05, 3.63) is 18.0 Å². The third-order valence-electron chi connectivity index (χ3n) is 1.92. The second kappa shape index (κ2) is 3.27. The number of hydrogen-bond donors (Lipinski definition) is 2. The van der Waals surface area contributed by atoms with Crippen LogP contribution in [0.1, 0.15) is 12.8 Å². The molecule has 0 aliphatic heterocycles. The van der Waals surface area contributed by atoms with Crippen molar-refractivity contribution in [2.75, 3.05) is 5.32 Å². The molecule has 0 aliphatic carbocycles. The summed E-state index contributed by atoms with van der Waals surface area (Å²) in [6.07, 6.45) is 0.